The summed E-state index contributed by atoms with van der Waals surface area (Å²) >= 11 is 0. The van der Waals surface area contributed by atoms with Gasteiger partial charge < -0.3 is 10.2 Å². The minimum Gasteiger partial charge on any atom is -0.504 e. The highest BCUT2D eigenvalue weighted by molar-refractivity contribution is 5.71. The van der Waals surface area contributed by atoms with Crippen LogP contribution in [0.3, 0.4) is 0 Å². The maximum absolute atomic E-state index is 10.2. The van der Waals surface area contributed by atoms with E-state index in [0.717, 1.165) is 11.1 Å². The van der Waals surface area contributed by atoms with Gasteiger partial charge in [0.15, 0.2) is 29.0 Å². The van der Waals surface area contributed by atoms with Crippen LogP contribution in [-0.2, 0) is 0 Å². The van der Waals surface area contributed by atoms with Gasteiger partial charge in [-0.05, 0) is 12.1 Å². The minimum atomic E-state index is -0.253. The molecule has 0 spiro atoms. The number of hydrogen-bond acceptors (Lipinski definition) is 5. The van der Waals surface area contributed by atoms with E-state index < -0.39 is 0 Å². The number of nitrogens with zero attached hydrogens (tertiary/aromatic N) is 3. The fourth-order valence-electron chi connectivity index (χ4n) is 2.64. The summed E-state index contributed by atoms with van der Waals surface area (Å²) in [6.07, 6.45) is 0. The van der Waals surface area contributed by atoms with Gasteiger partial charge in [0.25, 0.3) is 0 Å². The molecule has 0 bridgehead atoms. The highest BCUT2D eigenvalue weighted by Crippen LogP contribution is 2.35. The summed E-state index contributed by atoms with van der Waals surface area (Å²) in [5, 5.41) is 20.0. The monoisotopic (exact) mass is 341 g/mol. The zero-order valence-corrected chi connectivity index (χ0v) is 13.7. The Balaban J connectivity index is 1.95. The van der Waals surface area contributed by atoms with E-state index in [9.17, 15) is 10.2 Å². The molecule has 26 heavy (non-hydrogen) atoms. The molecule has 126 valence electrons. The Morgan fingerprint density at radius 2 is 1.00 bits per heavy atom. The second-order valence-corrected chi connectivity index (χ2v) is 5.71. The summed E-state index contributed by atoms with van der Waals surface area (Å²) in [5.74, 6) is 0.822. The van der Waals surface area contributed by atoms with Gasteiger partial charge in [0, 0.05) is 11.1 Å². The second kappa shape index (κ2) is 6.64. The quantitative estimate of drug-likeness (QED) is 0.544. The van der Waals surface area contributed by atoms with Gasteiger partial charge in [-0.2, -0.15) is 0 Å². The normalized spacial score (nSPS) is 10.6. The van der Waals surface area contributed by atoms with Gasteiger partial charge in [0.05, 0.1) is 5.56 Å². The molecule has 0 aliphatic heterocycles. The van der Waals surface area contributed by atoms with Crippen LogP contribution in [0.5, 0.6) is 11.5 Å². The highest BCUT2D eigenvalue weighted by Gasteiger charge is 2.15. The van der Waals surface area contributed by atoms with Gasteiger partial charge in [-0.3, -0.25) is 0 Å². The fraction of sp³-hybridized carbons (Fsp3) is 0. The van der Waals surface area contributed by atoms with Crippen molar-refractivity contribution in [3.8, 4) is 45.7 Å². The number of hydrogen-bond donors (Lipinski definition) is 2. The molecule has 1 heterocycles. The average Bonchev–Trinajstić information content (AvgIpc) is 2.71. The molecule has 0 aliphatic rings. The largest absolute Gasteiger partial charge is 0.504 e. The van der Waals surface area contributed by atoms with Crippen LogP contribution in [0.4, 0.5) is 0 Å². The summed E-state index contributed by atoms with van der Waals surface area (Å²) < 4.78 is 0. The lowest BCUT2D eigenvalue weighted by molar-refractivity contribution is 0.405. The van der Waals surface area contributed by atoms with Crippen molar-refractivity contribution in [1.82, 2.24) is 15.0 Å². The first-order valence-corrected chi connectivity index (χ1v) is 8.10. The smallest absolute Gasteiger partial charge is 0.168 e. The minimum absolute atomic E-state index is 0.217. The van der Waals surface area contributed by atoms with Crippen LogP contribution in [0.2, 0.25) is 0 Å². The van der Waals surface area contributed by atoms with Crippen LogP contribution in [0.15, 0.2) is 78.9 Å². The predicted octanol–water partition coefficient (Wildman–Crippen LogP) is 4.28. The molecule has 0 saturated carbocycles. The molecule has 4 rings (SSSR count). The molecule has 2 N–H and O–H groups in total. The van der Waals surface area contributed by atoms with E-state index >= 15 is 0 Å². The van der Waals surface area contributed by atoms with Crippen molar-refractivity contribution in [2.45, 2.75) is 0 Å². The molecule has 0 fully saturated rings. The maximum atomic E-state index is 10.2. The summed E-state index contributed by atoms with van der Waals surface area (Å²) in [5.41, 5.74) is 2.03. The van der Waals surface area contributed by atoms with Crippen molar-refractivity contribution in [2.75, 3.05) is 0 Å². The lowest BCUT2D eigenvalue weighted by atomic mass is 10.1. The number of benzene rings is 3. The van der Waals surface area contributed by atoms with Gasteiger partial charge in [-0.25, -0.2) is 15.0 Å². The molecular weight excluding hydrogens is 326 g/mol. The van der Waals surface area contributed by atoms with Crippen molar-refractivity contribution in [1.29, 1.82) is 0 Å². The Kier molecular flexibility index (Phi) is 4.03. The molecule has 5 nitrogen and oxygen atoms in total. The van der Waals surface area contributed by atoms with Crippen LogP contribution in [0, 0.1) is 0 Å². The molecule has 5 heteroatoms. The van der Waals surface area contributed by atoms with Crippen molar-refractivity contribution in [2.24, 2.45) is 0 Å². The summed E-state index contributed by atoms with van der Waals surface area (Å²) in [7, 11) is 0. The molecule has 0 aliphatic carbocycles. The van der Waals surface area contributed by atoms with Gasteiger partial charge in [0.2, 0.25) is 0 Å². The molecular formula is C21H15N3O2. The van der Waals surface area contributed by atoms with Crippen LogP contribution >= 0.6 is 0 Å². The van der Waals surface area contributed by atoms with E-state index in [-0.39, 0.29) is 11.5 Å². The Labute approximate surface area is 150 Å². The van der Waals surface area contributed by atoms with E-state index in [1.54, 1.807) is 12.1 Å². The standard InChI is InChI=1S/C21H15N3O2/c25-17-13-7-12-16(18(17)26)21-23-19(14-8-3-1-4-9-14)22-20(24-21)15-10-5-2-6-11-15/h1-13,25-26H. The zero-order chi connectivity index (χ0) is 17.9. The van der Waals surface area contributed by atoms with Crippen LogP contribution in [-0.4, -0.2) is 25.2 Å². The Morgan fingerprint density at radius 1 is 0.500 bits per heavy atom. The average molecular weight is 341 g/mol. The zero-order valence-electron chi connectivity index (χ0n) is 13.7. The Morgan fingerprint density at radius 3 is 1.54 bits per heavy atom. The topological polar surface area (TPSA) is 79.1 Å². The van der Waals surface area contributed by atoms with Crippen LogP contribution in [0.25, 0.3) is 34.2 Å². The summed E-state index contributed by atoms with van der Waals surface area (Å²) in [6, 6.07) is 23.8. The SMILES string of the molecule is Oc1cccc(-c2nc(-c3ccccc3)nc(-c3ccccc3)n2)c1O. The molecule has 1 aromatic heterocycles. The Bertz CT molecular complexity index is 994. The van der Waals surface area contributed by atoms with Gasteiger partial charge in [-0.15, -0.1) is 0 Å². The third-order valence-electron chi connectivity index (χ3n) is 3.96. The maximum Gasteiger partial charge on any atom is 0.168 e. The van der Waals surface area contributed by atoms with E-state index in [1.807, 2.05) is 60.7 Å². The fourth-order valence-corrected chi connectivity index (χ4v) is 2.64. The predicted molar refractivity (Wildman–Crippen MR) is 99.5 cm³/mol. The third-order valence-corrected chi connectivity index (χ3v) is 3.96. The molecule has 4 aromatic rings. The van der Waals surface area contributed by atoms with Crippen molar-refractivity contribution in [3.05, 3.63) is 78.9 Å². The molecule has 0 atom stereocenters. The van der Waals surface area contributed by atoms with Crippen molar-refractivity contribution in [3.63, 3.8) is 0 Å². The van der Waals surface area contributed by atoms with E-state index in [4.69, 9.17) is 0 Å². The second-order valence-electron chi connectivity index (χ2n) is 5.71. The first kappa shape index (κ1) is 15.8. The van der Waals surface area contributed by atoms with Crippen molar-refractivity contribution < 1.29 is 10.2 Å². The molecule has 0 radical (unpaired) electrons. The van der Waals surface area contributed by atoms with E-state index in [0.29, 0.717) is 23.0 Å². The lowest BCUT2D eigenvalue weighted by Gasteiger charge is -2.09. The molecule has 0 unspecified atom stereocenters. The number of aromatic hydroxyl groups is 2. The molecule has 3 aromatic carbocycles. The third kappa shape index (κ3) is 2.98. The number of para-hydroxylation sites is 1. The number of rotatable bonds is 3. The first-order valence-electron chi connectivity index (χ1n) is 8.10. The van der Waals surface area contributed by atoms with E-state index in [2.05, 4.69) is 15.0 Å². The molecule has 0 amide bonds. The van der Waals surface area contributed by atoms with Crippen molar-refractivity contribution >= 4 is 0 Å². The summed E-state index contributed by atoms with van der Waals surface area (Å²) in [6.45, 7) is 0. The van der Waals surface area contributed by atoms with E-state index in [1.165, 1.54) is 6.07 Å². The van der Waals surface area contributed by atoms with Crippen LogP contribution in [0.1, 0.15) is 0 Å². The Hall–Kier alpha value is -3.73. The van der Waals surface area contributed by atoms with Gasteiger partial charge in [-0.1, -0.05) is 66.7 Å². The summed E-state index contributed by atoms with van der Waals surface area (Å²) in [4.78, 5) is 13.6. The molecule has 0 saturated heterocycles. The lowest BCUT2D eigenvalue weighted by Crippen LogP contribution is -2.00. The van der Waals surface area contributed by atoms with Gasteiger partial charge in [0.1, 0.15) is 0 Å². The highest BCUT2D eigenvalue weighted by atomic mass is 16.3. The number of aromatic nitrogens is 3. The number of phenolic OH excluding ortho intramolecular Hbond substituents is 2. The van der Waals surface area contributed by atoms with Gasteiger partial charge >= 0.3 is 0 Å². The first-order chi connectivity index (χ1) is 12.7. The number of phenols is 2. The van der Waals surface area contributed by atoms with Crippen LogP contribution < -0.4 is 0 Å².